The molecule has 1 saturated heterocycles. The van der Waals surface area contributed by atoms with Crippen molar-refractivity contribution < 1.29 is 58.2 Å². The Bertz CT molecular complexity index is 1500. The minimum Gasteiger partial charge on any atom is -0.479 e. The molecule has 1 rings (SSSR count). The van der Waals surface area contributed by atoms with E-state index in [1.54, 1.807) is 0 Å². The van der Waals surface area contributed by atoms with Gasteiger partial charge in [0.15, 0.2) is 24.6 Å². The molecule has 0 aromatic carbocycles. The Morgan fingerprint density at radius 2 is 0.904 bits per heavy atom. The Morgan fingerprint density at radius 3 is 1.41 bits per heavy atom. The normalized spacial score (nSPS) is 18.7. The first-order valence-electron chi connectivity index (χ1n) is 29.3. The lowest BCUT2D eigenvalue weighted by molar-refractivity contribution is -0.301. The number of aliphatic hydroxyl groups excluding tert-OH is 2. The number of hydrogen-bond donors (Lipinski definition) is 3. The van der Waals surface area contributed by atoms with Crippen LogP contribution in [0.3, 0.4) is 0 Å². The largest absolute Gasteiger partial charge is 0.479 e. The van der Waals surface area contributed by atoms with Crippen LogP contribution in [0.5, 0.6) is 0 Å². The number of allylic oxidation sites excluding steroid dienone is 10. The molecule has 1 fully saturated rings. The molecule has 0 aromatic rings. The number of ether oxygens (including phenoxy) is 5. The van der Waals surface area contributed by atoms with E-state index in [1.807, 2.05) is 12.2 Å². The van der Waals surface area contributed by atoms with Crippen LogP contribution in [-0.4, -0.2) is 89.2 Å². The van der Waals surface area contributed by atoms with Gasteiger partial charge in [0.25, 0.3) is 0 Å². The summed E-state index contributed by atoms with van der Waals surface area (Å²) in [5.74, 6) is -3.23. The molecule has 420 valence electrons. The van der Waals surface area contributed by atoms with Crippen molar-refractivity contribution >= 4 is 23.9 Å². The Morgan fingerprint density at radius 1 is 0.466 bits per heavy atom. The van der Waals surface area contributed by atoms with Crippen molar-refractivity contribution in [2.24, 2.45) is 0 Å². The van der Waals surface area contributed by atoms with Crippen molar-refractivity contribution in [1.29, 1.82) is 0 Å². The maximum absolute atomic E-state index is 13.1. The molecule has 3 N–H and O–H groups in total. The molecule has 0 aromatic heterocycles. The van der Waals surface area contributed by atoms with E-state index in [9.17, 15) is 34.5 Å². The molecule has 0 saturated carbocycles. The van der Waals surface area contributed by atoms with Gasteiger partial charge in [0.1, 0.15) is 18.8 Å². The first kappa shape index (κ1) is 67.4. The maximum Gasteiger partial charge on any atom is 0.335 e. The van der Waals surface area contributed by atoms with Gasteiger partial charge in [0.05, 0.1) is 6.61 Å². The SMILES string of the molecule is CC/C=C\C/C=C\C/C=C\C/C=C\CCC(=O)OCC(COC1OC(C(=O)O)C(O)C(O)C1OC(=O)CCCCCCCCCCCCCCCCCCCCC)OC(=O)CCCCCCC/C=C\CCCC. The van der Waals surface area contributed by atoms with E-state index in [-0.39, 0.29) is 25.9 Å². The fraction of sp³-hybridized carbons (Fsp3) is 0.770. The zero-order valence-corrected chi connectivity index (χ0v) is 46.1. The van der Waals surface area contributed by atoms with E-state index in [4.69, 9.17) is 23.7 Å². The van der Waals surface area contributed by atoms with E-state index >= 15 is 0 Å². The molecule has 73 heavy (non-hydrogen) atoms. The highest BCUT2D eigenvalue weighted by Gasteiger charge is 2.50. The summed E-state index contributed by atoms with van der Waals surface area (Å²) in [6.07, 6.45) is 47.9. The van der Waals surface area contributed by atoms with Crippen molar-refractivity contribution in [3.05, 3.63) is 60.8 Å². The molecule has 0 amide bonds. The average Bonchev–Trinajstić information content (AvgIpc) is 3.37. The monoisotopic (exact) mass is 1030 g/mol. The van der Waals surface area contributed by atoms with Crippen LogP contribution in [0.4, 0.5) is 0 Å². The summed E-state index contributed by atoms with van der Waals surface area (Å²) in [4.78, 5) is 51.0. The van der Waals surface area contributed by atoms with Gasteiger partial charge in [-0.1, -0.05) is 229 Å². The highest BCUT2D eigenvalue weighted by Crippen LogP contribution is 2.26. The third kappa shape index (κ3) is 39.5. The Balaban J connectivity index is 2.67. The lowest BCUT2D eigenvalue weighted by Crippen LogP contribution is -2.61. The third-order valence-corrected chi connectivity index (χ3v) is 13.1. The fourth-order valence-electron chi connectivity index (χ4n) is 8.60. The fourth-order valence-corrected chi connectivity index (χ4v) is 8.60. The second-order valence-corrected chi connectivity index (χ2v) is 19.9. The topological polar surface area (TPSA) is 175 Å². The maximum atomic E-state index is 13.1. The van der Waals surface area contributed by atoms with Crippen LogP contribution in [-0.2, 0) is 42.9 Å². The molecular formula is C61H104O12. The molecule has 0 radical (unpaired) electrons. The van der Waals surface area contributed by atoms with E-state index in [0.29, 0.717) is 19.3 Å². The van der Waals surface area contributed by atoms with Gasteiger partial charge >= 0.3 is 23.9 Å². The van der Waals surface area contributed by atoms with Gasteiger partial charge in [-0.2, -0.15) is 0 Å². The highest BCUT2D eigenvalue weighted by atomic mass is 16.7. The molecule has 1 aliphatic rings. The summed E-state index contributed by atoms with van der Waals surface area (Å²) in [5.41, 5.74) is 0. The van der Waals surface area contributed by atoms with Crippen LogP contribution in [0.1, 0.15) is 252 Å². The molecule has 0 aliphatic carbocycles. The number of unbranched alkanes of at least 4 members (excludes halogenated alkanes) is 25. The Labute approximate surface area is 443 Å². The van der Waals surface area contributed by atoms with Gasteiger partial charge in [-0.05, 0) is 64.2 Å². The van der Waals surface area contributed by atoms with Crippen LogP contribution in [0.2, 0.25) is 0 Å². The summed E-state index contributed by atoms with van der Waals surface area (Å²) >= 11 is 0. The third-order valence-electron chi connectivity index (χ3n) is 13.1. The van der Waals surface area contributed by atoms with Gasteiger partial charge in [0.2, 0.25) is 0 Å². The van der Waals surface area contributed by atoms with Crippen molar-refractivity contribution in [3.63, 3.8) is 0 Å². The number of aliphatic hydroxyl groups is 2. The van der Waals surface area contributed by atoms with Crippen LogP contribution >= 0.6 is 0 Å². The van der Waals surface area contributed by atoms with E-state index in [1.165, 1.54) is 103 Å². The molecule has 12 heteroatoms. The number of esters is 3. The lowest BCUT2D eigenvalue weighted by Gasteiger charge is -2.40. The summed E-state index contributed by atoms with van der Waals surface area (Å²) in [7, 11) is 0. The summed E-state index contributed by atoms with van der Waals surface area (Å²) < 4.78 is 28.3. The number of carboxylic acids is 1. The number of carboxylic acid groups (broad SMARTS) is 1. The first-order valence-corrected chi connectivity index (χ1v) is 29.3. The zero-order chi connectivity index (χ0) is 53.3. The molecule has 12 nitrogen and oxygen atoms in total. The van der Waals surface area contributed by atoms with Gasteiger partial charge in [0, 0.05) is 19.3 Å². The number of carbonyl (C=O) groups is 4. The average molecular weight is 1030 g/mol. The molecule has 1 heterocycles. The predicted molar refractivity (Wildman–Crippen MR) is 294 cm³/mol. The molecule has 1 aliphatic heterocycles. The van der Waals surface area contributed by atoms with E-state index < -0.39 is 67.3 Å². The van der Waals surface area contributed by atoms with Crippen molar-refractivity contribution in [2.75, 3.05) is 13.2 Å². The van der Waals surface area contributed by atoms with E-state index in [2.05, 4.69) is 69.4 Å². The second kappa shape index (κ2) is 49.3. The molecule has 0 spiro atoms. The predicted octanol–water partition coefficient (Wildman–Crippen LogP) is 14.8. The molecule has 6 unspecified atom stereocenters. The van der Waals surface area contributed by atoms with Crippen molar-refractivity contribution in [1.82, 2.24) is 0 Å². The van der Waals surface area contributed by atoms with Crippen LogP contribution in [0, 0.1) is 0 Å². The van der Waals surface area contributed by atoms with Crippen LogP contribution < -0.4 is 0 Å². The van der Waals surface area contributed by atoms with Crippen molar-refractivity contribution in [2.45, 2.75) is 289 Å². The number of rotatable bonds is 49. The van der Waals surface area contributed by atoms with E-state index in [0.717, 1.165) is 89.9 Å². The number of aliphatic carboxylic acids is 1. The lowest BCUT2D eigenvalue weighted by atomic mass is 9.98. The first-order chi connectivity index (χ1) is 35.6. The number of hydrogen-bond acceptors (Lipinski definition) is 11. The summed E-state index contributed by atoms with van der Waals surface area (Å²) in [6, 6.07) is 0. The summed E-state index contributed by atoms with van der Waals surface area (Å²) in [6.45, 7) is 5.77. The van der Waals surface area contributed by atoms with Crippen molar-refractivity contribution in [3.8, 4) is 0 Å². The van der Waals surface area contributed by atoms with Gasteiger partial charge in [-0.3, -0.25) is 14.4 Å². The molecule has 0 bridgehead atoms. The zero-order valence-electron chi connectivity index (χ0n) is 46.1. The molecule has 6 atom stereocenters. The van der Waals surface area contributed by atoms with Gasteiger partial charge in [-0.15, -0.1) is 0 Å². The smallest absolute Gasteiger partial charge is 0.335 e. The van der Waals surface area contributed by atoms with Crippen LogP contribution in [0.25, 0.3) is 0 Å². The number of carbonyl (C=O) groups excluding carboxylic acids is 3. The molecular weight excluding hydrogens is 925 g/mol. The Kier molecular flexibility index (Phi) is 45.5. The quantitative estimate of drug-likeness (QED) is 0.0228. The van der Waals surface area contributed by atoms with Gasteiger partial charge < -0.3 is 39.0 Å². The summed E-state index contributed by atoms with van der Waals surface area (Å²) in [5, 5.41) is 31.4. The Hall–Kier alpha value is -3.58. The minimum atomic E-state index is -1.91. The second-order valence-electron chi connectivity index (χ2n) is 19.9. The van der Waals surface area contributed by atoms with Gasteiger partial charge in [-0.25, -0.2) is 4.79 Å². The standard InChI is InChI=1S/C61H104O12/c1-4-7-10-13-16-19-22-24-25-26-27-28-29-31-34-37-40-43-46-49-55(64)72-59-57(66)56(65)58(60(67)68)73-61(59)70-51-52(71-54(63)48-45-42-39-36-32-21-18-15-12-9-6-3)50-69-53(62)47-44-41-38-35-33-30-23-20-17-14-11-8-5-2/h8,11,15,17-18,20,30,33,38,41,52,56-59,61,65-66H,4-7,9-10,12-14,16,19,21-29,31-32,34-37,39-40,42-51H2,1-3H3,(H,67,68)/b11-8-,18-15-,20-17-,33-30-,41-38-. The highest BCUT2D eigenvalue weighted by molar-refractivity contribution is 5.74. The minimum absolute atomic E-state index is 0.0560. The van der Waals surface area contributed by atoms with Crippen LogP contribution in [0.15, 0.2) is 60.8 Å².